The van der Waals surface area contributed by atoms with E-state index in [0.717, 1.165) is 0 Å². The molecule has 0 aliphatic heterocycles. The number of benzene rings is 1. The molecule has 2 saturated carbocycles. The first-order valence-electron chi connectivity index (χ1n) is 11.6. The Kier molecular flexibility index (Phi) is 5.42. The van der Waals surface area contributed by atoms with Crippen molar-refractivity contribution in [3.63, 3.8) is 0 Å². The zero-order valence-corrected chi connectivity index (χ0v) is 19.6. The summed E-state index contributed by atoms with van der Waals surface area (Å²) < 4.78 is 0. The molecule has 186 valence electrons. The van der Waals surface area contributed by atoms with Crippen LogP contribution in [0.15, 0.2) is 42.6 Å². The number of phenols is 1. The maximum absolute atomic E-state index is 14.0. The molecule has 7 atom stereocenters. The Bertz CT molecular complexity index is 1320. The number of aliphatic hydroxyl groups is 1. The van der Waals surface area contributed by atoms with Crippen molar-refractivity contribution in [2.24, 2.45) is 29.4 Å². The number of aromatic nitrogens is 1. The molecule has 1 aromatic heterocycles. The number of nitrogens with two attached hydrogens (primary N) is 1. The lowest BCUT2D eigenvalue weighted by molar-refractivity contribution is -0.181. The zero-order valence-electron chi connectivity index (χ0n) is 19.6. The molecule has 36 heavy (non-hydrogen) atoms. The average molecular weight is 492 g/mol. The van der Waals surface area contributed by atoms with E-state index >= 15 is 0 Å². The van der Waals surface area contributed by atoms with Crippen LogP contribution in [0.5, 0.6) is 5.75 Å². The van der Waals surface area contributed by atoms with Gasteiger partial charge in [0.1, 0.15) is 5.75 Å². The number of likely N-dealkylation sites (N-methyl/N-ethyl adjacent to an activating group) is 1. The van der Waals surface area contributed by atoms with Crippen LogP contribution in [0.25, 0.3) is 0 Å². The van der Waals surface area contributed by atoms with Crippen molar-refractivity contribution in [1.82, 2.24) is 9.88 Å². The number of carbonyl (C=O) groups is 5. The fraction of sp³-hybridized carbons (Fsp3) is 0.385. The number of hydrogen-bond donors (Lipinski definition) is 3. The molecule has 3 aliphatic carbocycles. The Morgan fingerprint density at radius 2 is 1.78 bits per heavy atom. The topological polar surface area (TPSA) is 168 Å². The number of ketones is 4. The van der Waals surface area contributed by atoms with Crippen molar-refractivity contribution in [1.29, 1.82) is 0 Å². The highest BCUT2D eigenvalue weighted by Crippen LogP contribution is 2.55. The van der Waals surface area contributed by atoms with Gasteiger partial charge in [0.2, 0.25) is 5.91 Å². The number of phenolic OH excluding ortho intramolecular Hbond substituents is 1. The molecule has 0 spiro atoms. The highest BCUT2D eigenvalue weighted by molar-refractivity contribution is 6.32. The standard InChI is InChI=1S/C26H25N3O7/c1-29(2)20-13-10-12-16(14-7-3-4-9-28-14)11-6-5-8-15(30)17(11)21(31)18(12)23(33)26(13,36)24(34)19(22(20)32)25(27)35/h3-9,12-13,16,18-20,30,36H,10H2,1-2H3,(H2,27,35)/t12-,13+,16+,18?,19?,20+,26+/m1/s1. The normalized spacial score (nSPS) is 33.7. The predicted octanol–water partition coefficient (Wildman–Crippen LogP) is -0.149. The van der Waals surface area contributed by atoms with E-state index in [9.17, 15) is 34.2 Å². The molecule has 0 radical (unpaired) electrons. The number of amides is 1. The Hall–Kier alpha value is -3.76. The number of fused-ring (bicyclic) bond motifs is 3. The summed E-state index contributed by atoms with van der Waals surface area (Å²) in [6.45, 7) is 0. The van der Waals surface area contributed by atoms with E-state index < -0.39 is 70.3 Å². The Labute approximate surface area is 206 Å². The van der Waals surface area contributed by atoms with Crippen LogP contribution in [-0.4, -0.2) is 74.9 Å². The SMILES string of the molecule is CN(C)[C@@H]1C(=O)C(C(N)=O)C(=O)[C@@]2(O)C(=O)C3C(=O)c4c(O)cccc4[C@H](c4ccccn4)[C@H]3C[C@@H]12. The van der Waals surface area contributed by atoms with Crippen molar-refractivity contribution >= 4 is 29.0 Å². The molecule has 10 nitrogen and oxygen atoms in total. The van der Waals surface area contributed by atoms with E-state index in [1.165, 1.54) is 11.0 Å². The second-order valence-corrected chi connectivity index (χ2v) is 9.96. The number of rotatable bonds is 3. The predicted molar refractivity (Wildman–Crippen MR) is 124 cm³/mol. The Morgan fingerprint density at radius 3 is 2.39 bits per heavy atom. The third-order valence-electron chi connectivity index (χ3n) is 7.96. The molecule has 2 aromatic rings. The van der Waals surface area contributed by atoms with Gasteiger partial charge in [-0.1, -0.05) is 18.2 Å². The van der Waals surface area contributed by atoms with E-state index in [-0.39, 0.29) is 17.7 Å². The number of primary amides is 1. The summed E-state index contributed by atoms with van der Waals surface area (Å²) in [7, 11) is 3.09. The molecule has 2 fully saturated rings. The maximum Gasteiger partial charge on any atom is 0.235 e. The van der Waals surface area contributed by atoms with Crippen LogP contribution in [0, 0.1) is 23.7 Å². The summed E-state index contributed by atoms with van der Waals surface area (Å²) in [5.74, 6) is -11.6. The molecule has 1 aromatic carbocycles. The molecule has 2 unspecified atom stereocenters. The Morgan fingerprint density at radius 1 is 1.06 bits per heavy atom. The summed E-state index contributed by atoms with van der Waals surface area (Å²) in [6.07, 6.45) is 1.51. The van der Waals surface area contributed by atoms with Crippen LogP contribution in [0.3, 0.4) is 0 Å². The molecule has 5 rings (SSSR count). The lowest BCUT2D eigenvalue weighted by Gasteiger charge is -2.53. The van der Waals surface area contributed by atoms with Gasteiger partial charge in [0.25, 0.3) is 0 Å². The van der Waals surface area contributed by atoms with Crippen molar-refractivity contribution in [2.75, 3.05) is 14.1 Å². The van der Waals surface area contributed by atoms with Crippen LogP contribution in [-0.2, 0) is 19.2 Å². The lowest BCUT2D eigenvalue weighted by Crippen LogP contribution is -2.74. The largest absolute Gasteiger partial charge is 0.507 e. The molecular weight excluding hydrogens is 466 g/mol. The number of nitrogens with zero attached hydrogens (tertiary/aromatic N) is 2. The van der Waals surface area contributed by atoms with Gasteiger partial charge in [0, 0.05) is 23.7 Å². The summed E-state index contributed by atoms with van der Waals surface area (Å²) >= 11 is 0. The van der Waals surface area contributed by atoms with Gasteiger partial charge in [-0.3, -0.25) is 33.9 Å². The van der Waals surface area contributed by atoms with Crippen LogP contribution in [0.4, 0.5) is 0 Å². The fourth-order valence-corrected chi connectivity index (χ4v) is 6.53. The van der Waals surface area contributed by atoms with Gasteiger partial charge in [-0.05, 0) is 50.2 Å². The molecule has 1 heterocycles. The van der Waals surface area contributed by atoms with Crippen LogP contribution >= 0.6 is 0 Å². The summed E-state index contributed by atoms with van der Waals surface area (Å²) in [4.78, 5) is 72.3. The van der Waals surface area contributed by atoms with E-state index in [4.69, 9.17) is 5.73 Å². The lowest BCUT2D eigenvalue weighted by atomic mass is 9.50. The molecule has 4 N–H and O–H groups in total. The fourth-order valence-electron chi connectivity index (χ4n) is 6.53. The highest BCUT2D eigenvalue weighted by atomic mass is 16.3. The average Bonchev–Trinajstić information content (AvgIpc) is 2.81. The second-order valence-electron chi connectivity index (χ2n) is 9.96. The van der Waals surface area contributed by atoms with Crippen molar-refractivity contribution in [3.8, 4) is 5.75 Å². The van der Waals surface area contributed by atoms with Gasteiger partial charge >= 0.3 is 0 Å². The van der Waals surface area contributed by atoms with Gasteiger partial charge in [-0.15, -0.1) is 0 Å². The quantitative estimate of drug-likeness (QED) is 0.495. The third kappa shape index (κ3) is 3.04. The number of Topliss-reactive ketones (excluding diaryl/α,β-unsaturated/α-hetero) is 4. The van der Waals surface area contributed by atoms with Crippen molar-refractivity contribution in [3.05, 3.63) is 59.4 Å². The van der Waals surface area contributed by atoms with E-state index in [2.05, 4.69) is 4.98 Å². The molecule has 0 saturated heterocycles. The smallest absolute Gasteiger partial charge is 0.235 e. The number of pyridine rings is 1. The van der Waals surface area contributed by atoms with Gasteiger partial charge in [-0.2, -0.15) is 0 Å². The van der Waals surface area contributed by atoms with E-state index in [1.54, 1.807) is 50.6 Å². The number of carbonyl (C=O) groups excluding carboxylic acids is 5. The zero-order chi connectivity index (χ0) is 26.1. The maximum atomic E-state index is 14.0. The summed E-state index contributed by atoms with van der Waals surface area (Å²) in [6, 6.07) is 8.63. The summed E-state index contributed by atoms with van der Waals surface area (Å²) in [5.41, 5.74) is 3.52. The van der Waals surface area contributed by atoms with Crippen LogP contribution in [0.2, 0.25) is 0 Å². The summed E-state index contributed by atoms with van der Waals surface area (Å²) in [5, 5.41) is 22.3. The van der Waals surface area contributed by atoms with Crippen molar-refractivity contribution < 1.29 is 34.2 Å². The third-order valence-corrected chi connectivity index (χ3v) is 7.96. The molecular formula is C26H25N3O7. The highest BCUT2D eigenvalue weighted by Gasteiger charge is 2.70. The molecule has 1 amide bonds. The van der Waals surface area contributed by atoms with Crippen LogP contribution < -0.4 is 5.73 Å². The molecule has 3 aliphatic rings. The van der Waals surface area contributed by atoms with Crippen LogP contribution in [0.1, 0.15) is 34.0 Å². The minimum atomic E-state index is -2.77. The van der Waals surface area contributed by atoms with Gasteiger partial charge < -0.3 is 15.9 Å². The first-order valence-corrected chi connectivity index (χ1v) is 11.6. The van der Waals surface area contributed by atoms with Gasteiger partial charge in [-0.25, -0.2) is 0 Å². The minimum Gasteiger partial charge on any atom is -0.507 e. The first kappa shape index (κ1) is 24.0. The Balaban J connectivity index is 1.75. The van der Waals surface area contributed by atoms with Gasteiger partial charge in [0.15, 0.2) is 34.7 Å². The van der Waals surface area contributed by atoms with E-state index in [0.29, 0.717) is 11.3 Å². The van der Waals surface area contributed by atoms with Crippen molar-refractivity contribution in [2.45, 2.75) is 24.0 Å². The minimum absolute atomic E-state index is 0.0548. The number of hydrogen-bond acceptors (Lipinski definition) is 9. The molecule has 0 bridgehead atoms. The monoisotopic (exact) mass is 491 g/mol. The van der Waals surface area contributed by atoms with E-state index in [1.807, 2.05) is 0 Å². The first-order chi connectivity index (χ1) is 17.0. The number of aromatic hydroxyl groups is 1. The van der Waals surface area contributed by atoms with Gasteiger partial charge in [0.05, 0.1) is 17.5 Å². The second kappa shape index (κ2) is 8.14. The molecule has 10 heteroatoms.